The summed E-state index contributed by atoms with van der Waals surface area (Å²) in [6.45, 7) is 1.15. The number of pyridine rings is 1. The Bertz CT molecular complexity index is 2030. The van der Waals surface area contributed by atoms with Crippen LogP contribution in [-0.4, -0.2) is 17.8 Å². The second kappa shape index (κ2) is 11.6. The summed E-state index contributed by atoms with van der Waals surface area (Å²) in [5.74, 6) is 2.04. The maximum atomic E-state index is 14.5. The van der Waals surface area contributed by atoms with E-state index in [0.717, 1.165) is 51.9 Å². The molecule has 2 saturated carbocycles. The lowest BCUT2D eigenvalue weighted by atomic mass is 9.90. The van der Waals surface area contributed by atoms with Crippen molar-refractivity contribution in [3.8, 4) is 17.2 Å². The lowest BCUT2D eigenvalue weighted by Crippen LogP contribution is -2.33. The Hall–Kier alpha value is -3.90. The van der Waals surface area contributed by atoms with Crippen LogP contribution in [0.25, 0.3) is 47.4 Å². The van der Waals surface area contributed by atoms with E-state index in [1.165, 1.54) is 47.8 Å². The smallest absolute Gasteiger partial charge is 0.266 e. The number of benzene rings is 4. The van der Waals surface area contributed by atoms with Crippen LogP contribution in [0, 0.1) is 11.8 Å². The Labute approximate surface area is 260 Å². The first-order valence-corrected chi connectivity index (χ1v) is 17.1. The molecular formula is C38H37NO4S. The topological polar surface area (TPSA) is 57.5 Å². The van der Waals surface area contributed by atoms with Crippen molar-refractivity contribution in [2.24, 2.45) is 11.8 Å². The molecule has 0 radical (unpaired) electrons. The highest BCUT2D eigenvalue weighted by Crippen LogP contribution is 2.40. The average Bonchev–Trinajstić information content (AvgIpc) is 3.07. The number of fused-ring (bicyclic) bond motifs is 2. The summed E-state index contributed by atoms with van der Waals surface area (Å²) < 4.78 is 16.6. The molecule has 2 fully saturated rings. The van der Waals surface area contributed by atoms with Crippen LogP contribution >= 0.6 is 11.3 Å². The zero-order valence-electron chi connectivity index (χ0n) is 25.0. The van der Waals surface area contributed by atoms with Crippen molar-refractivity contribution in [1.29, 1.82) is 0 Å². The second-order valence-corrected chi connectivity index (χ2v) is 13.9. The maximum Gasteiger partial charge on any atom is 0.266 e. The molecule has 44 heavy (non-hydrogen) atoms. The minimum absolute atomic E-state index is 0.328. The van der Waals surface area contributed by atoms with Gasteiger partial charge in [0.2, 0.25) is 0 Å². The quantitative estimate of drug-likeness (QED) is 0.135. The first-order valence-electron chi connectivity index (χ1n) is 16.3. The zero-order chi connectivity index (χ0) is 29.6. The van der Waals surface area contributed by atoms with E-state index >= 15 is 0 Å². The molecule has 6 aromatic rings. The maximum absolute atomic E-state index is 14.5. The molecule has 0 unspecified atom stereocenters. The van der Waals surface area contributed by atoms with Gasteiger partial charge in [-0.05, 0) is 84.7 Å². The molecule has 4 aromatic carbocycles. The molecule has 2 aromatic heterocycles. The van der Waals surface area contributed by atoms with E-state index in [1.54, 1.807) is 11.3 Å². The summed E-state index contributed by atoms with van der Waals surface area (Å²) in [4.78, 5) is 29.0. The fourth-order valence-corrected chi connectivity index (χ4v) is 8.76. The van der Waals surface area contributed by atoms with E-state index in [4.69, 9.17) is 9.47 Å². The van der Waals surface area contributed by atoms with Crippen LogP contribution < -0.4 is 20.6 Å². The number of para-hydroxylation sites is 1. The predicted molar refractivity (Wildman–Crippen MR) is 182 cm³/mol. The summed E-state index contributed by atoms with van der Waals surface area (Å²) in [5.41, 5.74) is -0.217. The minimum Gasteiger partial charge on any atom is -0.491 e. The molecule has 0 bridgehead atoms. The lowest BCUT2D eigenvalue weighted by Gasteiger charge is -2.25. The van der Waals surface area contributed by atoms with Gasteiger partial charge < -0.3 is 9.47 Å². The molecule has 2 aliphatic rings. The number of ether oxygens (including phenoxy) is 2. The summed E-state index contributed by atoms with van der Waals surface area (Å²) >= 11 is 1.70. The van der Waals surface area contributed by atoms with E-state index in [9.17, 15) is 9.59 Å². The average molecular weight is 604 g/mol. The van der Waals surface area contributed by atoms with Crippen molar-refractivity contribution in [1.82, 2.24) is 4.57 Å². The number of nitrogens with zero attached hydrogens (tertiary/aromatic N) is 1. The Morgan fingerprint density at radius 3 is 1.77 bits per heavy atom. The number of rotatable bonds is 7. The summed E-state index contributed by atoms with van der Waals surface area (Å²) in [7, 11) is 0. The Kier molecular flexibility index (Phi) is 7.25. The van der Waals surface area contributed by atoms with E-state index in [1.807, 2.05) is 54.6 Å². The zero-order valence-corrected chi connectivity index (χ0v) is 25.8. The SMILES string of the molecule is O=c1c2ccc3sc4ccccc4c4ccc(c(=O)n1-c1c(OCC5CCCCC5)cccc1OCC1CCCCC1)c2c34. The molecule has 0 N–H and O–H groups in total. The van der Waals surface area contributed by atoms with Gasteiger partial charge in [-0.15, -0.1) is 11.3 Å². The third-order valence-corrected chi connectivity index (χ3v) is 11.1. The summed E-state index contributed by atoms with van der Waals surface area (Å²) in [6.07, 6.45) is 12.1. The Balaban J connectivity index is 1.31. The monoisotopic (exact) mass is 603 g/mol. The largest absolute Gasteiger partial charge is 0.491 e. The van der Waals surface area contributed by atoms with Crippen LogP contribution in [0.5, 0.6) is 11.5 Å². The molecule has 8 rings (SSSR count). The van der Waals surface area contributed by atoms with Gasteiger partial charge >= 0.3 is 0 Å². The number of hydrogen-bond donors (Lipinski definition) is 0. The van der Waals surface area contributed by atoms with Crippen molar-refractivity contribution in [3.05, 3.63) is 87.4 Å². The molecule has 2 heterocycles. The second-order valence-electron chi connectivity index (χ2n) is 12.8. The number of aromatic nitrogens is 1. The van der Waals surface area contributed by atoms with Crippen molar-refractivity contribution < 1.29 is 9.47 Å². The van der Waals surface area contributed by atoms with E-state index in [-0.39, 0.29) is 11.1 Å². The van der Waals surface area contributed by atoms with Gasteiger partial charge in [0.1, 0.15) is 17.2 Å². The molecule has 5 nitrogen and oxygen atoms in total. The molecule has 0 aliphatic heterocycles. The molecule has 0 atom stereocenters. The molecule has 2 aliphatic carbocycles. The van der Waals surface area contributed by atoms with Crippen LogP contribution in [0.1, 0.15) is 64.2 Å². The van der Waals surface area contributed by atoms with Crippen LogP contribution in [0.3, 0.4) is 0 Å². The fourth-order valence-electron chi connectivity index (χ4n) is 7.64. The first kappa shape index (κ1) is 27.6. The lowest BCUT2D eigenvalue weighted by molar-refractivity contribution is 0.199. The third kappa shape index (κ3) is 4.75. The van der Waals surface area contributed by atoms with E-state index in [2.05, 4.69) is 12.1 Å². The molecular weight excluding hydrogens is 566 g/mol. The molecule has 0 saturated heterocycles. The van der Waals surface area contributed by atoms with E-state index in [0.29, 0.717) is 53.0 Å². The third-order valence-electron chi connectivity index (χ3n) is 9.97. The van der Waals surface area contributed by atoms with Gasteiger partial charge in [-0.2, -0.15) is 0 Å². The van der Waals surface area contributed by atoms with Crippen molar-refractivity contribution in [2.45, 2.75) is 64.2 Å². The van der Waals surface area contributed by atoms with Crippen LogP contribution in [0.15, 0.2) is 76.3 Å². The highest BCUT2D eigenvalue weighted by atomic mass is 32.1. The van der Waals surface area contributed by atoms with Gasteiger partial charge in [-0.1, -0.05) is 68.9 Å². The van der Waals surface area contributed by atoms with Crippen LogP contribution in [0.4, 0.5) is 0 Å². The minimum atomic E-state index is -0.328. The van der Waals surface area contributed by atoms with Crippen LogP contribution in [0.2, 0.25) is 0 Å². The Morgan fingerprint density at radius 2 is 1.14 bits per heavy atom. The molecule has 224 valence electrons. The Morgan fingerprint density at radius 1 is 0.568 bits per heavy atom. The summed E-state index contributed by atoms with van der Waals surface area (Å²) in [6, 6.07) is 21.9. The van der Waals surface area contributed by atoms with Gasteiger partial charge in [-0.3, -0.25) is 9.59 Å². The molecule has 0 spiro atoms. The van der Waals surface area contributed by atoms with Crippen molar-refractivity contribution in [2.75, 3.05) is 13.2 Å². The van der Waals surface area contributed by atoms with Gasteiger partial charge in [-0.25, -0.2) is 4.57 Å². The number of hydrogen-bond acceptors (Lipinski definition) is 5. The van der Waals surface area contributed by atoms with Crippen molar-refractivity contribution >= 4 is 53.1 Å². The normalized spacial score (nSPS) is 16.8. The molecule has 0 amide bonds. The summed E-state index contributed by atoms with van der Waals surface area (Å²) in [5, 5.41) is 5.02. The van der Waals surface area contributed by atoms with Gasteiger partial charge in [0.05, 0.1) is 13.2 Å². The van der Waals surface area contributed by atoms with Crippen LogP contribution in [-0.2, 0) is 0 Å². The molecule has 6 heteroatoms. The highest BCUT2D eigenvalue weighted by molar-refractivity contribution is 7.25. The van der Waals surface area contributed by atoms with Gasteiger partial charge in [0.25, 0.3) is 11.1 Å². The predicted octanol–water partition coefficient (Wildman–Crippen LogP) is 9.23. The van der Waals surface area contributed by atoms with Gasteiger partial charge in [0, 0.05) is 30.9 Å². The first-order chi connectivity index (χ1) is 21.7. The standard InChI is InChI=1S/C38H37NO4S/c40-37-28-19-18-27-26-14-7-8-17-32(26)44-33-21-20-29(34(28)35(27)33)38(41)39(37)36-30(42-22-24-10-3-1-4-11-24)15-9-16-31(36)43-23-25-12-5-2-6-13-25/h7-9,14-21,24-25H,1-6,10-13,22-23H2. The fraction of sp³-hybridized carbons (Fsp3) is 0.368. The van der Waals surface area contributed by atoms with E-state index < -0.39 is 0 Å². The highest BCUT2D eigenvalue weighted by Gasteiger charge is 2.25. The van der Waals surface area contributed by atoms with Gasteiger partial charge in [0.15, 0.2) is 0 Å². The van der Waals surface area contributed by atoms with Crippen molar-refractivity contribution in [3.63, 3.8) is 0 Å².